The SMILES string of the molecule is Cc1nc2ccccc2n1CCNC(=O)/C=C/c1cc2c(cc1[N+](=O)[O-])OCO2. The number of ether oxygens (including phenoxy) is 2. The minimum atomic E-state index is -0.521. The van der Waals surface area contributed by atoms with Gasteiger partial charge in [-0.3, -0.25) is 14.9 Å². The Hall–Kier alpha value is -3.88. The minimum absolute atomic E-state index is 0.0164. The summed E-state index contributed by atoms with van der Waals surface area (Å²) in [5.74, 6) is 1.25. The Bertz CT molecular complexity index is 1140. The second kappa shape index (κ2) is 7.63. The summed E-state index contributed by atoms with van der Waals surface area (Å²) in [5, 5.41) is 14.1. The molecule has 9 nitrogen and oxygen atoms in total. The molecule has 0 atom stereocenters. The molecule has 2 aromatic carbocycles. The van der Waals surface area contributed by atoms with E-state index in [1.807, 2.05) is 35.8 Å². The summed E-state index contributed by atoms with van der Waals surface area (Å²) in [6, 6.07) is 10.6. The van der Waals surface area contributed by atoms with Crippen LogP contribution in [0.25, 0.3) is 17.1 Å². The Morgan fingerprint density at radius 3 is 2.86 bits per heavy atom. The number of nitrogens with one attached hydrogen (secondary N) is 1. The molecule has 0 saturated heterocycles. The van der Waals surface area contributed by atoms with Crippen LogP contribution in [0.1, 0.15) is 11.4 Å². The van der Waals surface area contributed by atoms with Crippen LogP contribution in [0.3, 0.4) is 0 Å². The maximum Gasteiger partial charge on any atom is 0.280 e. The van der Waals surface area contributed by atoms with Crippen molar-refractivity contribution >= 4 is 28.7 Å². The van der Waals surface area contributed by atoms with Gasteiger partial charge in [0, 0.05) is 19.2 Å². The number of hydrogen-bond donors (Lipinski definition) is 1. The molecule has 148 valence electrons. The number of carbonyl (C=O) groups is 1. The number of hydrogen-bond acceptors (Lipinski definition) is 6. The Kier molecular flexibility index (Phi) is 4.86. The van der Waals surface area contributed by atoms with Gasteiger partial charge in [-0.25, -0.2) is 4.98 Å². The fourth-order valence-electron chi connectivity index (χ4n) is 3.23. The van der Waals surface area contributed by atoms with Crippen molar-refractivity contribution in [2.45, 2.75) is 13.5 Å². The third-order valence-corrected chi connectivity index (χ3v) is 4.61. The Balaban J connectivity index is 1.42. The number of imidazole rings is 1. The molecule has 4 rings (SSSR count). The molecular formula is C20H18N4O5. The molecule has 1 N–H and O–H groups in total. The molecule has 0 spiro atoms. The van der Waals surface area contributed by atoms with Gasteiger partial charge < -0.3 is 19.4 Å². The van der Waals surface area contributed by atoms with E-state index >= 15 is 0 Å². The standard InChI is InChI=1S/C20H18N4O5/c1-13-22-15-4-2-3-5-16(15)23(13)9-8-21-20(25)7-6-14-10-18-19(29-12-28-18)11-17(14)24(26)27/h2-7,10-11H,8-9,12H2,1H3,(H,21,25)/b7-6+. The molecular weight excluding hydrogens is 376 g/mol. The summed E-state index contributed by atoms with van der Waals surface area (Å²) in [4.78, 5) is 27.4. The van der Waals surface area contributed by atoms with E-state index < -0.39 is 4.92 Å². The third kappa shape index (κ3) is 3.75. The van der Waals surface area contributed by atoms with Gasteiger partial charge in [0.25, 0.3) is 5.69 Å². The maximum absolute atomic E-state index is 12.2. The Morgan fingerprint density at radius 1 is 1.31 bits per heavy atom. The van der Waals surface area contributed by atoms with Crippen LogP contribution in [0.4, 0.5) is 5.69 Å². The topological polar surface area (TPSA) is 109 Å². The molecule has 0 unspecified atom stereocenters. The molecule has 1 aliphatic rings. The highest BCUT2D eigenvalue weighted by molar-refractivity contribution is 5.92. The normalized spacial score (nSPS) is 12.6. The van der Waals surface area contributed by atoms with Crippen LogP contribution < -0.4 is 14.8 Å². The van der Waals surface area contributed by atoms with E-state index in [9.17, 15) is 14.9 Å². The fourth-order valence-corrected chi connectivity index (χ4v) is 3.23. The van der Waals surface area contributed by atoms with Gasteiger partial charge in [-0.15, -0.1) is 0 Å². The average Bonchev–Trinajstić information content (AvgIpc) is 3.29. The number of rotatable bonds is 6. The van der Waals surface area contributed by atoms with Crippen LogP contribution in [-0.2, 0) is 11.3 Å². The largest absolute Gasteiger partial charge is 0.454 e. The van der Waals surface area contributed by atoms with Crippen molar-refractivity contribution in [1.82, 2.24) is 14.9 Å². The smallest absolute Gasteiger partial charge is 0.280 e. The molecule has 0 aliphatic carbocycles. The van der Waals surface area contributed by atoms with E-state index in [0.29, 0.717) is 24.6 Å². The first kappa shape index (κ1) is 18.5. The Labute approximate surface area is 165 Å². The fraction of sp³-hybridized carbons (Fsp3) is 0.200. The second-order valence-electron chi connectivity index (χ2n) is 6.45. The minimum Gasteiger partial charge on any atom is -0.454 e. The van der Waals surface area contributed by atoms with Gasteiger partial charge in [0.2, 0.25) is 12.7 Å². The van der Waals surface area contributed by atoms with E-state index in [4.69, 9.17) is 9.47 Å². The lowest BCUT2D eigenvalue weighted by Gasteiger charge is -2.07. The lowest BCUT2D eigenvalue weighted by atomic mass is 10.1. The van der Waals surface area contributed by atoms with Gasteiger partial charge >= 0.3 is 0 Å². The number of nitrogens with zero attached hydrogens (tertiary/aromatic N) is 3. The van der Waals surface area contributed by atoms with E-state index in [-0.39, 0.29) is 24.0 Å². The number of fused-ring (bicyclic) bond motifs is 2. The second-order valence-corrected chi connectivity index (χ2v) is 6.45. The van der Waals surface area contributed by atoms with Gasteiger partial charge in [0.1, 0.15) is 5.82 Å². The van der Waals surface area contributed by atoms with Gasteiger partial charge in [-0.2, -0.15) is 0 Å². The monoisotopic (exact) mass is 394 g/mol. The molecule has 1 amide bonds. The number of carbonyl (C=O) groups excluding carboxylic acids is 1. The molecule has 0 radical (unpaired) electrons. The first-order valence-electron chi connectivity index (χ1n) is 8.99. The van der Waals surface area contributed by atoms with Gasteiger partial charge in [0.15, 0.2) is 11.5 Å². The van der Waals surface area contributed by atoms with Crippen molar-refractivity contribution in [2.24, 2.45) is 0 Å². The molecule has 0 saturated carbocycles. The molecule has 3 aromatic rings. The zero-order valence-corrected chi connectivity index (χ0v) is 15.6. The summed E-state index contributed by atoms with van der Waals surface area (Å²) >= 11 is 0. The summed E-state index contributed by atoms with van der Waals surface area (Å²) < 4.78 is 12.4. The van der Waals surface area contributed by atoms with Crippen molar-refractivity contribution < 1.29 is 19.2 Å². The molecule has 0 bridgehead atoms. The number of aryl methyl sites for hydroxylation is 1. The highest BCUT2D eigenvalue weighted by Crippen LogP contribution is 2.38. The first-order valence-corrected chi connectivity index (χ1v) is 8.99. The number of para-hydroxylation sites is 2. The maximum atomic E-state index is 12.2. The lowest BCUT2D eigenvalue weighted by molar-refractivity contribution is -0.385. The summed E-state index contributed by atoms with van der Waals surface area (Å²) in [6.07, 6.45) is 2.66. The van der Waals surface area contributed by atoms with E-state index in [1.54, 1.807) is 0 Å². The van der Waals surface area contributed by atoms with Crippen molar-refractivity contribution in [3.63, 3.8) is 0 Å². The van der Waals surface area contributed by atoms with Crippen molar-refractivity contribution in [1.29, 1.82) is 0 Å². The first-order chi connectivity index (χ1) is 14.0. The van der Waals surface area contributed by atoms with Crippen molar-refractivity contribution in [3.8, 4) is 11.5 Å². The van der Waals surface area contributed by atoms with Crippen molar-refractivity contribution in [2.75, 3.05) is 13.3 Å². The van der Waals surface area contributed by atoms with E-state index in [1.165, 1.54) is 24.3 Å². The highest BCUT2D eigenvalue weighted by atomic mass is 16.7. The van der Waals surface area contributed by atoms with Crippen LogP contribution in [0, 0.1) is 17.0 Å². The van der Waals surface area contributed by atoms with Crippen LogP contribution in [-0.4, -0.2) is 33.7 Å². The van der Waals surface area contributed by atoms with E-state index in [2.05, 4.69) is 10.3 Å². The van der Waals surface area contributed by atoms with Gasteiger partial charge in [0.05, 0.1) is 27.6 Å². The predicted octanol–water partition coefficient (Wildman–Crippen LogP) is 2.81. The quantitative estimate of drug-likeness (QED) is 0.391. The molecule has 2 heterocycles. The van der Waals surface area contributed by atoms with Crippen LogP contribution >= 0.6 is 0 Å². The molecule has 1 aliphatic heterocycles. The summed E-state index contributed by atoms with van der Waals surface area (Å²) in [5.41, 5.74) is 2.03. The van der Waals surface area contributed by atoms with Crippen LogP contribution in [0.15, 0.2) is 42.5 Å². The zero-order chi connectivity index (χ0) is 20.4. The third-order valence-electron chi connectivity index (χ3n) is 4.61. The lowest BCUT2D eigenvalue weighted by Crippen LogP contribution is -2.25. The molecule has 9 heteroatoms. The number of nitro benzene ring substituents is 1. The Morgan fingerprint density at radius 2 is 2.07 bits per heavy atom. The summed E-state index contributed by atoms with van der Waals surface area (Å²) in [6.45, 7) is 2.90. The van der Waals surface area contributed by atoms with Crippen molar-refractivity contribution in [3.05, 3.63) is 64.0 Å². The predicted molar refractivity (Wildman–Crippen MR) is 106 cm³/mol. The number of amides is 1. The highest BCUT2D eigenvalue weighted by Gasteiger charge is 2.22. The zero-order valence-electron chi connectivity index (χ0n) is 15.6. The molecule has 1 aromatic heterocycles. The molecule has 0 fully saturated rings. The number of aromatic nitrogens is 2. The van der Waals surface area contributed by atoms with E-state index in [0.717, 1.165) is 16.9 Å². The van der Waals surface area contributed by atoms with Crippen LogP contribution in [0.2, 0.25) is 0 Å². The number of benzene rings is 2. The summed E-state index contributed by atoms with van der Waals surface area (Å²) in [7, 11) is 0. The molecule has 29 heavy (non-hydrogen) atoms. The number of nitro groups is 1. The van der Waals surface area contributed by atoms with Gasteiger partial charge in [-0.1, -0.05) is 12.1 Å². The van der Waals surface area contributed by atoms with Crippen LogP contribution in [0.5, 0.6) is 11.5 Å². The van der Waals surface area contributed by atoms with Gasteiger partial charge in [-0.05, 0) is 31.2 Å². The average molecular weight is 394 g/mol.